The Morgan fingerprint density at radius 2 is 1.27 bits per heavy atom. The molecule has 0 bridgehead atoms. The van der Waals surface area contributed by atoms with Crippen LogP contribution in [0, 0.1) is 0 Å². The van der Waals surface area contributed by atoms with E-state index in [0.29, 0.717) is 17.7 Å². The van der Waals surface area contributed by atoms with Crippen molar-refractivity contribution in [2.75, 3.05) is 17.8 Å². The molecule has 2 amide bonds. The Balaban J connectivity index is 1.77. The van der Waals surface area contributed by atoms with Crippen LogP contribution in [0.3, 0.4) is 0 Å². The molecule has 0 saturated heterocycles. The third-order valence-electron chi connectivity index (χ3n) is 6.39. The van der Waals surface area contributed by atoms with Crippen LogP contribution in [0.15, 0.2) is 24.3 Å². The number of hydrogen-bond acceptors (Lipinski definition) is 3. The zero-order valence-electron chi connectivity index (χ0n) is 19.4. The number of fused-ring (bicyclic) bond motifs is 1. The van der Waals surface area contributed by atoms with E-state index in [9.17, 15) is 9.59 Å². The normalized spacial score (nSPS) is 13.9. The zero-order chi connectivity index (χ0) is 21.8. The van der Waals surface area contributed by atoms with Gasteiger partial charge in [-0.15, -0.1) is 0 Å². The van der Waals surface area contributed by atoms with Crippen LogP contribution in [-0.2, 0) is 4.74 Å². The van der Waals surface area contributed by atoms with Crippen molar-refractivity contribution >= 4 is 30.2 Å². The summed E-state index contributed by atoms with van der Waals surface area (Å²) >= 11 is -2.21. The first kappa shape index (κ1) is 25.4. The van der Waals surface area contributed by atoms with Crippen molar-refractivity contribution in [3.63, 3.8) is 0 Å². The molecule has 1 aliphatic heterocycles. The second kappa shape index (κ2) is 13.5. The fourth-order valence-corrected chi connectivity index (χ4v) is 18.9. The number of amides is 2. The third-order valence-corrected chi connectivity index (χ3v) is 20.8. The first-order valence-electron chi connectivity index (χ1n) is 12.1. The van der Waals surface area contributed by atoms with E-state index in [2.05, 4.69) is 20.8 Å². The van der Waals surface area contributed by atoms with Gasteiger partial charge in [-0.3, -0.25) is 0 Å². The molecule has 1 heterocycles. The molecule has 0 N–H and O–H groups in total. The van der Waals surface area contributed by atoms with Gasteiger partial charge in [-0.25, -0.2) is 0 Å². The van der Waals surface area contributed by atoms with Crippen LogP contribution in [0.25, 0.3) is 0 Å². The van der Waals surface area contributed by atoms with Crippen LogP contribution >= 0.6 is 0 Å². The quantitative estimate of drug-likeness (QED) is 0.142. The number of imide groups is 1. The van der Waals surface area contributed by atoms with Gasteiger partial charge in [0.25, 0.3) is 0 Å². The maximum absolute atomic E-state index is 12.4. The molecule has 5 heteroatoms. The van der Waals surface area contributed by atoms with Crippen LogP contribution in [0.5, 0.6) is 0 Å². The van der Waals surface area contributed by atoms with Gasteiger partial charge in [0.1, 0.15) is 0 Å². The fraction of sp³-hybridized carbons (Fsp3) is 0.680. The minimum absolute atomic E-state index is 0.148. The molecular weight excluding hydrogens is 481 g/mol. The van der Waals surface area contributed by atoms with Crippen molar-refractivity contribution in [3.05, 3.63) is 35.4 Å². The summed E-state index contributed by atoms with van der Waals surface area (Å²) in [6.45, 7) is 8.15. The summed E-state index contributed by atoms with van der Waals surface area (Å²) < 4.78 is 11.8. The molecule has 0 saturated carbocycles. The molecule has 1 aliphatic rings. The van der Waals surface area contributed by atoms with Crippen LogP contribution < -0.4 is 0 Å². The van der Waals surface area contributed by atoms with E-state index < -0.39 is 18.4 Å². The van der Waals surface area contributed by atoms with Crippen molar-refractivity contribution in [3.8, 4) is 0 Å². The number of nitrogens with zero attached hydrogens (tertiary/aromatic N) is 1. The Kier molecular flexibility index (Phi) is 11.4. The Morgan fingerprint density at radius 1 is 0.767 bits per heavy atom. The van der Waals surface area contributed by atoms with Crippen molar-refractivity contribution in [1.82, 2.24) is 4.90 Å². The number of hydrogen-bond donors (Lipinski definition) is 0. The summed E-state index contributed by atoms with van der Waals surface area (Å²) in [6.07, 6.45) is 9.69. The van der Waals surface area contributed by atoms with Gasteiger partial charge in [0.15, 0.2) is 0 Å². The van der Waals surface area contributed by atoms with Crippen molar-refractivity contribution < 1.29 is 14.3 Å². The molecule has 0 atom stereocenters. The predicted octanol–water partition coefficient (Wildman–Crippen LogP) is 6.47. The molecule has 2 rings (SSSR count). The summed E-state index contributed by atoms with van der Waals surface area (Å²) in [5.74, 6) is -0.295. The Morgan fingerprint density at radius 3 is 1.73 bits per heavy atom. The zero-order valence-corrected chi connectivity index (χ0v) is 22.2. The Labute approximate surface area is 187 Å². The van der Waals surface area contributed by atoms with Crippen LogP contribution in [-0.4, -0.2) is 52.9 Å². The molecule has 0 unspecified atom stereocenters. The summed E-state index contributed by atoms with van der Waals surface area (Å²) in [5.41, 5.74) is 1.08. The second-order valence-electron chi connectivity index (χ2n) is 8.88. The first-order valence-corrected chi connectivity index (χ1v) is 20.2. The minimum atomic E-state index is -2.21. The van der Waals surface area contributed by atoms with Crippen molar-refractivity contribution in [1.29, 1.82) is 0 Å². The van der Waals surface area contributed by atoms with Gasteiger partial charge in [0, 0.05) is 0 Å². The van der Waals surface area contributed by atoms with E-state index in [1.807, 2.05) is 12.1 Å². The van der Waals surface area contributed by atoms with Gasteiger partial charge in [0.2, 0.25) is 0 Å². The van der Waals surface area contributed by atoms with E-state index in [1.165, 1.54) is 56.7 Å². The Hall–Kier alpha value is -0.881. The van der Waals surface area contributed by atoms with Gasteiger partial charge in [-0.2, -0.15) is 0 Å². The molecule has 0 spiro atoms. The number of rotatable bonds is 16. The third kappa shape index (κ3) is 7.08. The van der Waals surface area contributed by atoms with Crippen molar-refractivity contribution in [2.24, 2.45) is 0 Å². The topological polar surface area (TPSA) is 46.6 Å². The SMILES string of the molecule is CCC[CH2][Sn]([CH2]CCC)([CH2]CCC)[CH2]OCCCCN1C(=O)c2ccccc2C1=O. The summed E-state index contributed by atoms with van der Waals surface area (Å²) in [6, 6.07) is 7.12. The standard InChI is InChI=1S/C13H14NO3.3C4H9.Sn/c1-17-9-5-4-8-14-12(15)10-6-2-3-7-11(10)13(14)16;3*1-3-4-2;/h2-3,6-7H,1,4-5,8-9H2;3*1,3-4H2,2H3;. The summed E-state index contributed by atoms with van der Waals surface area (Å²) in [4.78, 5) is 26.3. The maximum atomic E-state index is 12.4. The second-order valence-corrected chi connectivity index (χ2v) is 22.5. The van der Waals surface area contributed by atoms with E-state index in [4.69, 9.17) is 4.74 Å². The molecule has 0 fully saturated rings. The Bertz CT molecular complexity index is 619. The van der Waals surface area contributed by atoms with E-state index in [-0.39, 0.29) is 11.8 Å². The van der Waals surface area contributed by atoms with E-state index in [1.54, 1.807) is 12.1 Å². The van der Waals surface area contributed by atoms with Crippen LogP contribution in [0.2, 0.25) is 13.3 Å². The number of carbonyl (C=O) groups excluding carboxylic acids is 2. The number of unbranched alkanes of at least 4 members (excludes halogenated alkanes) is 4. The van der Waals surface area contributed by atoms with E-state index in [0.717, 1.165) is 24.1 Å². The average molecular weight is 522 g/mol. The van der Waals surface area contributed by atoms with Crippen molar-refractivity contribution in [2.45, 2.75) is 85.4 Å². The molecule has 4 nitrogen and oxygen atoms in total. The number of ether oxygens (including phenoxy) is 1. The fourth-order valence-electron chi connectivity index (χ4n) is 4.45. The predicted molar refractivity (Wildman–Crippen MR) is 127 cm³/mol. The molecular formula is C25H41NO3Sn. The van der Waals surface area contributed by atoms with Crippen LogP contribution in [0.1, 0.15) is 92.9 Å². The molecule has 0 aromatic heterocycles. The van der Waals surface area contributed by atoms with Crippen LogP contribution in [0.4, 0.5) is 0 Å². The van der Waals surface area contributed by atoms with Gasteiger partial charge in [-0.05, 0) is 0 Å². The van der Waals surface area contributed by atoms with Gasteiger partial charge < -0.3 is 0 Å². The molecule has 0 aliphatic carbocycles. The molecule has 168 valence electrons. The van der Waals surface area contributed by atoms with Gasteiger partial charge in [0.05, 0.1) is 0 Å². The summed E-state index contributed by atoms with van der Waals surface area (Å²) in [7, 11) is 0. The first-order chi connectivity index (χ1) is 14.6. The number of carbonyl (C=O) groups is 2. The molecule has 30 heavy (non-hydrogen) atoms. The van der Waals surface area contributed by atoms with Gasteiger partial charge in [-0.1, -0.05) is 0 Å². The molecule has 0 radical (unpaired) electrons. The monoisotopic (exact) mass is 523 g/mol. The average Bonchev–Trinajstić information content (AvgIpc) is 3.01. The summed E-state index contributed by atoms with van der Waals surface area (Å²) in [5, 5.41) is 0. The van der Waals surface area contributed by atoms with Gasteiger partial charge >= 0.3 is 188 Å². The number of benzene rings is 1. The molecule has 1 aromatic rings. The van der Waals surface area contributed by atoms with E-state index >= 15 is 0 Å². The molecule has 1 aromatic carbocycles.